The number of pyridine rings is 1. The Labute approximate surface area is 180 Å². The summed E-state index contributed by atoms with van der Waals surface area (Å²) in [6.45, 7) is 0.689. The van der Waals surface area contributed by atoms with Crippen molar-refractivity contribution in [2.24, 2.45) is 11.1 Å². The fourth-order valence-corrected chi connectivity index (χ4v) is 5.21. The minimum Gasteiger partial charge on any atom is -0.497 e. The largest absolute Gasteiger partial charge is 0.497 e. The number of nitrogens with two attached hydrogens (primary N) is 1. The molecule has 0 saturated heterocycles. The first-order valence-electron chi connectivity index (χ1n) is 10.6. The van der Waals surface area contributed by atoms with E-state index < -0.39 is 5.91 Å². The number of nitrogens with one attached hydrogen (secondary N) is 1. The van der Waals surface area contributed by atoms with Crippen LogP contribution >= 0.6 is 0 Å². The second-order valence-electron chi connectivity index (χ2n) is 8.82. The maximum Gasteiger partial charge on any atom is 0.322 e. The molecule has 1 spiro atoms. The van der Waals surface area contributed by atoms with Gasteiger partial charge < -0.3 is 20.5 Å². The van der Waals surface area contributed by atoms with Gasteiger partial charge in [-0.3, -0.25) is 9.69 Å². The van der Waals surface area contributed by atoms with Crippen molar-refractivity contribution in [2.75, 3.05) is 18.6 Å². The summed E-state index contributed by atoms with van der Waals surface area (Å²) in [5, 5.41) is 3.18. The van der Waals surface area contributed by atoms with Crippen molar-refractivity contribution in [3.63, 3.8) is 0 Å². The minimum atomic E-state index is -0.537. The molecule has 31 heavy (non-hydrogen) atoms. The molecule has 8 heteroatoms. The highest BCUT2D eigenvalue weighted by atomic mass is 16.5. The van der Waals surface area contributed by atoms with E-state index in [4.69, 9.17) is 15.2 Å². The average Bonchev–Trinajstić information content (AvgIpc) is 3.14. The quantitative estimate of drug-likeness (QED) is 0.770. The normalized spacial score (nSPS) is 25.9. The van der Waals surface area contributed by atoms with Crippen molar-refractivity contribution >= 4 is 17.6 Å². The van der Waals surface area contributed by atoms with Gasteiger partial charge in [-0.05, 0) is 73.4 Å². The van der Waals surface area contributed by atoms with Gasteiger partial charge in [0.2, 0.25) is 5.88 Å². The van der Waals surface area contributed by atoms with Crippen LogP contribution in [-0.4, -0.2) is 42.7 Å². The summed E-state index contributed by atoms with van der Waals surface area (Å²) in [6, 6.07) is 9.30. The number of anilines is 1. The number of methoxy groups -OCH3 is 1. The maximum atomic E-state index is 12.8. The Morgan fingerprint density at radius 3 is 2.77 bits per heavy atom. The lowest BCUT2D eigenvalue weighted by Gasteiger charge is -2.57. The first-order chi connectivity index (χ1) is 15.0. The number of benzene rings is 1. The zero-order chi connectivity index (χ0) is 21.6. The molecule has 1 aliphatic heterocycles. The molecule has 3 N–H and O–H groups in total. The predicted octanol–water partition coefficient (Wildman–Crippen LogP) is 2.65. The van der Waals surface area contributed by atoms with Crippen LogP contribution in [0.25, 0.3) is 0 Å². The summed E-state index contributed by atoms with van der Waals surface area (Å²) in [5.74, 6) is 0.589. The zero-order valence-corrected chi connectivity index (χ0v) is 17.5. The molecule has 2 aromatic rings. The summed E-state index contributed by atoms with van der Waals surface area (Å²) < 4.78 is 11.2. The number of rotatable bonds is 5. The predicted molar refractivity (Wildman–Crippen MR) is 114 cm³/mol. The lowest BCUT2D eigenvalue weighted by Crippen LogP contribution is -2.60. The lowest BCUT2D eigenvalue weighted by molar-refractivity contribution is -0.0842. The molecule has 0 atom stereocenters. The topological polar surface area (TPSA) is 107 Å². The molecule has 2 aliphatic carbocycles. The smallest absolute Gasteiger partial charge is 0.322 e. The molecule has 162 valence electrons. The van der Waals surface area contributed by atoms with Crippen LogP contribution in [0, 0.1) is 5.41 Å². The van der Waals surface area contributed by atoms with Gasteiger partial charge in [-0.25, -0.2) is 9.78 Å². The molecular weight excluding hydrogens is 396 g/mol. The number of amides is 3. The van der Waals surface area contributed by atoms with Crippen molar-refractivity contribution in [3.8, 4) is 11.6 Å². The number of fused-ring (bicyclic) bond motifs is 1. The molecule has 5 rings (SSSR count). The van der Waals surface area contributed by atoms with E-state index in [2.05, 4.69) is 10.3 Å². The van der Waals surface area contributed by atoms with Gasteiger partial charge in [-0.1, -0.05) is 0 Å². The molecular formula is C23H26N4O4. The Morgan fingerprint density at radius 1 is 1.23 bits per heavy atom. The van der Waals surface area contributed by atoms with Gasteiger partial charge in [0.05, 0.1) is 7.11 Å². The lowest BCUT2D eigenvalue weighted by atomic mass is 9.53. The van der Waals surface area contributed by atoms with Gasteiger partial charge in [-0.2, -0.15) is 0 Å². The molecule has 8 nitrogen and oxygen atoms in total. The summed E-state index contributed by atoms with van der Waals surface area (Å²) in [4.78, 5) is 30.3. The van der Waals surface area contributed by atoms with Crippen LogP contribution in [0.5, 0.6) is 11.6 Å². The Kier molecular flexibility index (Phi) is 4.72. The highest BCUT2D eigenvalue weighted by Gasteiger charge is 2.54. The monoisotopic (exact) mass is 422 g/mol. The van der Waals surface area contributed by atoms with E-state index in [9.17, 15) is 9.59 Å². The number of hydrogen-bond donors (Lipinski definition) is 2. The summed E-state index contributed by atoms with van der Waals surface area (Å²) in [6.07, 6.45) is 6.18. The Hall–Kier alpha value is -3.29. The third-order valence-corrected chi connectivity index (χ3v) is 6.75. The fraction of sp³-hybridized carbons (Fsp3) is 0.435. The van der Waals surface area contributed by atoms with Crippen LogP contribution in [0.4, 0.5) is 10.5 Å². The average molecular weight is 422 g/mol. The van der Waals surface area contributed by atoms with Gasteiger partial charge in [-0.15, -0.1) is 0 Å². The molecule has 1 aromatic heterocycles. The molecule has 0 unspecified atom stereocenters. The molecule has 0 radical (unpaired) electrons. The van der Waals surface area contributed by atoms with Gasteiger partial charge in [0, 0.05) is 24.5 Å². The summed E-state index contributed by atoms with van der Waals surface area (Å²) >= 11 is 0. The Bertz CT molecular complexity index is 1030. The van der Waals surface area contributed by atoms with Crippen molar-refractivity contribution in [1.29, 1.82) is 0 Å². The summed E-state index contributed by atoms with van der Waals surface area (Å²) in [5.41, 5.74) is 8.03. The fourth-order valence-electron chi connectivity index (χ4n) is 5.21. The molecule has 2 heterocycles. The van der Waals surface area contributed by atoms with E-state index in [1.165, 1.54) is 0 Å². The number of nitrogens with zero attached hydrogens (tertiary/aromatic N) is 2. The van der Waals surface area contributed by atoms with Crippen molar-refractivity contribution < 1.29 is 19.1 Å². The van der Waals surface area contributed by atoms with E-state index in [1.54, 1.807) is 25.4 Å². The number of ether oxygens (including phenoxy) is 2. The standard InChI is InChI=1S/C23H26N4O4/c1-30-16-4-5-19-14(9-16)6-8-27(19)22(29)26-15-10-23(11-15)12-17(13-23)31-21-18(20(24)28)3-2-7-25-21/h2-5,7,9,15,17H,6,8,10-13H2,1H3,(H2,24,28)(H,26,29). The van der Waals surface area contributed by atoms with Gasteiger partial charge in [0.1, 0.15) is 17.4 Å². The van der Waals surface area contributed by atoms with E-state index in [1.807, 2.05) is 23.1 Å². The molecule has 2 saturated carbocycles. The van der Waals surface area contributed by atoms with Crippen LogP contribution < -0.4 is 25.4 Å². The summed E-state index contributed by atoms with van der Waals surface area (Å²) in [7, 11) is 1.65. The van der Waals surface area contributed by atoms with E-state index in [0.29, 0.717) is 18.0 Å². The number of aromatic nitrogens is 1. The van der Waals surface area contributed by atoms with E-state index in [-0.39, 0.29) is 23.6 Å². The first kappa shape index (κ1) is 19.7. The molecule has 3 amide bonds. The van der Waals surface area contributed by atoms with E-state index in [0.717, 1.165) is 49.1 Å². The van der Waals surface area contributed by atoms with Crippen molar-refractivity contribution in [2.45, 2.75) is 44.2 Å². The molecule has 3 aliphatic rings. The van der Waals surface area contributed by atoms with Crippen LogP contribution in [0.15, 0.2) is 36.5 Å². The second kappa shape index (κ2) is 7.44. The zero-order valence-electron chi connectivity index (χ0n) is 17.5. The second-order valence-corrected chi connectivity index (χ2v) is 8.82. The third kappa shape index (κ3) is 3.56. The highest BCUT2D eigenvalue weighted by Crippen LogP contribution is 2.56. The maximum absolute atomic E-state index is 12.8. The van der Waals surface area contributed by atoms with Crippen LogP contribution in [-0.2, 0) is 6.42 Å². The third-order valence-electron chi connectivity index (χ3n) is 6.75. The first-order valence-corrected chi connectivity index (χ1v) is 10.6. The van der Waals surface area contributed by atoms with Crippen molar-refractivity contribution in [3.05, 3.63) is 47.7 Å². The van der Waals surface area contributed by atoms with Crippen LogP contribution in [0.2, 0.25) is 0 Å². The van der Waals surface area contributed by atoms with Crippen LogP contribution in [0.3, 0.4) is 0 Å². The Morgan fingerprint density at radius 2 is 2.03 bits per heavy atom. The number of urea groups is 1. The molecule has 2 fully saturated rings. The molecule has 1 aromatic carbocycles. The molecule has 0 bridgehead atoms. The number of carbonyl (C=O) groups excluding carboxylic acids is 2. The number of carbonyl (C=O) groups is 2. The SMILES string of the molecule is COc1ccc2c(c1)CCN2C(=O)NC1CC2(C1)CC(Oc1ncccc1C(N)=O)C2. The van der Waals surface area contributed by atoms with Gasteiger partial charge in [0.25, 0.3) is 5.91 Å². The van der Waals surface area contributed by atoms with E-state index >= 15 is 0 Å². The van der Waals surface area contributed by atoms with Gasteiger partial charge in [0.15, 0.2) is 0 Å². The minimum absolute atomic E-state index is 0.0320. The highest BCUT2D eigenvalue weighted by molar-refractivity contribution is 5.95. The number of hydrogen-bond acceptors (Lipinski definition) is 5. The Balaban J connectivity index is 1.12. The van der Waals surface area contributed by atoms with Crippen molar-refractivity contribution in [1.82, 2.24) is 10.3 Å². The van der Waals surface area contributed by atoms with Crippen LogP contribution in [0.1, 0.15) is 41.6 Å². The number of primary amides is 1. The van der Waals surface area contributed by atoms with Gasteiger partial charge >= 0.3 is 6.03 Å².